The lowest BCUT2D eigenvalue weighted by molar-refractivity contribution is 0.441. The summed E-state index contributed by atoms with van der Waals surface area (Å²) in [6, 6.07) is 9.07. The molecule has 0 amide bonds. The Bertz CT molecular complexity index is 805. The van der Waals surface area contributed by atoms with Crippen molar-refractivity contribution in [1.82, 2.24) is 15.2 Å². The topological polar surface area (TPSA) is 55.1 Å². The van der Waals surface area contributed by atoms with Crippen LogP contribution in [0.5, 0.6) is 0 Å². The van der Waals surface area contributed by atoms with Gasteiger partial charge in [0, 0.05) is 24.9 Å². The molecule has 3 heterocycles. The molecule has 5 nitrogen and oxygen atoms in total. The van der Waals surface area contributed by atoms with Crippen molar-refractivity contribution in [1.29, 1.82) is 0 Å². The molecule has 3 aromatic rings. The number of hydrogen-bond acceptors (Lipinski definition) is 6. The molecule has 6 heteroatoms. The average molecular weight is 326 g/mol. The van der Waals surface area contributed by atoms with Crippen LogP contribution in [0.15, 0.2) is 28.7 Å². The molecule has 2 aliphatic rings. The Labute approximate surface area is 138 Å². The largest absolute Gasteiger partial charge is 0.408 e. The van der Waals surface area contributed by atoms with Gasteiger partial charge in [0.2, 0.25) is 5.89 Å². The summed E-state index contributed by atoms with van der Waals surface area (Å²) < 4.78 is 7.15. The molecule has 1 atom stereocenters. The van der Waals surface area contributed by atoms with Crippen molar-refractivity contribution in [2.75, 3.05) is 18.0 Å². The summed E-state index contributed by atoms with van der Waals surface area (Å²) in [4.78, 5) is 7.07. The standard InChI is InChI=1S/C17H18N4OS/c1-2-6-14-13(5-1)18-16(23-14)12-4-3-9-21(10-12)17-20-19-15(22-17)11-7-8-11/h1-2,5-6,11-12H,3-4,7-10H2/t12-/m1/s1. The second-order valence-electron chi connectivity index (χ2n) is 6.50. The molecule has 1 saturated heterocycles. The maximum atomic E-state index is 5.88. The first-order valence-electron chi connectivity index (χ1n) is 8.30. The Morgan fingerprint density at radius 2 is 2.00 bits per heavy atom. The maximum absolute atomic E-state index is 5.88. The molecule has 0 bridgehead atoms. The van der Waals surface area contributed by atoms with Gasteiger partial charge in [0.1, 0.15) is 0 Å². The highest BCUT2D eigenvalue weighted by atomic mass is 32.1. The molecule has 5 rings (SSSR count). The van der Waals surface area contributed by atoms with Crippen LogP contribution < -0.4 is 4.90 Å². The number of benzene rings is 1. The maximum Gasteiger partial charge on any atom is 0.318 e. The Morgan fingerprint density at radius 3 is 2.87 bits per heavy atom. The minimum atomic E-state index is 0.456. The summed E-state index contributed by atoms with van der Waals surface area (Å²) in [6.07, 6.45) is 4.70. The zero-order valence-corrected chi connectivity index (χ0v) is 13.6. The Hall–Kier alpha value is -1.95. The summed E-state index contributed by atoms with van der Waals surface area (Å²) in [6.45, 7) is 1.92. The molecule has 0 radical (unpaired) electrons. The predicted octanol–water partition coefficient (Wildman–Crippen LogP) is 3.94. The summed E-state index contributed by atoms with van der Waals surface area (Å²) in [7, 11) is 0. The van der Waals surface area contributed by atoms with E-state index in [4.69, 9.17) is 9.40 Å². The van der Waals surface area contributed by atoms with Crippen LogP contribution >= 0.6 is 11.3 Å². The lowest BCUT2D eigenvalue weighted by Crippen LogP contribution is -2.34. The lowest BCUT2D eigenvalue weighted by Gasteiger charge is -2.30. The highest BCUT2D eigenvalue weighted by Gasteiger charge is 2.32. The van der Waals surface area contributed by atoms with E-state index in [1.54, 1.807) is 0 Å². The number of anilines is 1. The zero-order chi connectivity index (χ0) is 15.2. The van der Waals surface area contributed by atoms with Crippen molar-refractivity contribution in [2.24, 2.45) is 0 Å². The van der Waals surface area contributed by atoms with Gasteiger partial charge < -0.3 is 9.32 Å². The molecule has 2 aromatic heterocycles. The number of para-hydroxylation sites is 1. The van der Waals surface area contributed by atoms with Crippen LogP contribution in [0.3, 0.4) is 0 Å². The zero-order valence-electron chi connectivity index (χ0n) is 12.8. The van der Waals surface area contributed by atoms with E-state index in [1.165, 1.54) is 29.0 Å². The molecule has 1 aromatic carbocycles. The molecule has 1 saturated carbocycles. The average Bonchev–Trinajstić information content (AvgIpc) is 3.17. The summed E-state index contributed by atoms with van der Waals surface area (Å²) >= 11 is 1.82. The van der Waals surface area contributed by atoms with E-state index in [0.29, 0.717) is 17.9 Å². The summed E-state index contributed by atoms with van der Waals surface area (Å²) in [5.74, 6) is 1.79. The van der Waals surface area contributed by atoms with Gasteiger partial charge in [-0.15, -0.1) is 16.4 Å². The highest BCUT2D eigenvalue weighted by molar-refractivity contribution is 7.18. The van der Waals surface area contributed by atoms with Gasteiger partial charge in [0.15, 0.2) is 0 Å². The third-order valence-corrected chi connectivity index (χ3v) is 5.91. The molecule has 118 valence electrons. The quantitative estimate of drug-likeness (QED) is 0.729. The Balaban J connectivity index is 1.38. The predicted molar refractivity (Wildman–Crippen MR) is 90.1 cm³/mol. The van der Waals surface area contributed by atoms with Crippen LogP contribution in [0.1, 0.15) is 48.4 Å². The van der Waals surface area contributed by atoms with Crippen LogP contribution in [0.4, 0.5) is 6.01 Å². The second kappa shape index (κ2) is 5.30. The van der Waals surface area contributed by atoms with Crippen LogP contribution in [0.25, 0.3) is 10.2 Å². The van der Waals surface area contributed by atoms with Gasteiger partial charge >= 0.3 is 6.01 Å². The Morgan fingerprint density at radius 1 is 1.09 bits per heavy atom. The van der Waals surface area contributed by atoms with Gasteiger partial charge in [-0.05, 0) is 37.8 Å². The molecule has 0 spiro atoms. The molecular weight excluding hydrogens is 308 g/mol. The lowest BCUT2D eigenvalue weighted by atomic mass is 9.99. The van der Waals surface area contributed by atoms with E-state index in [0.717, 1.165) is 30.9 Å². The monoisotopic (exact) mass is 326 g/mol. The van der Waals surface area contributed by atoms with E-state index < -0.39 is 0 Å². The van der Waals surface area contributed by atoms with E-state index in [2.05, 4.69) is 39.4 Å². The van der Waals surface area contributed by atoms with Gasteiger partial charge in [-0.25, -0.2) is 4.98 Å². The normalized spacial score (nSPS) is 21.9. The molecule has 1 aliphatic heterocycles. The van der Waals surface area contributed by atoms with Gasteiger partial charge in [0.25, 0.3) is 0 Å². The van der Waals surface area contributed by atoms with Crippen molar-refractivity contribution >= 4 is 27.6 Å². The second-order valence-corrected chi connectivity index (χ2v) is 7.56. The first-order chi connectivity index (χ1) is 11.4. The third-order valence-electron chi connectivity index (χ3n) is 4.71. The smallest absolute Gasteiger partial charge is 0.318 e. The van der Waals surface area contributed by atoms with Crippen LogP contribution in [-0.2, 0) is 0 Å². The van der Waals surface area contributed by atoms with E-state index >= 15 is 0 Å². The molecule has 0 unspecified atom stereocenters. The fourth-order valence-electron chi connectivity index (χ4n) is 3.27. The van der Waals surface area contributed by atoms with Gasteiger partial charge in [-0.2, -0.15) is 0 Å². The third kappa shape index (κ3) is 2.51. The Kier molecular flexibility index (Phi) is 3.11. The number of fused-ring (bicyclic) bond motifs is 1. The fourth-order valence-corrected chi connectivity index (χ4v) is 4.36. The highest BCUT2D eigenvalue weighted by Crippen LogP contribution is 2.40. The minimum Gasteiger partial charge on any atom is -0.408 e. The van der Waals surface area contributed by atoms with Crippen molar-refractivity contribution in [3.8, 4) is 0 Å². The molecule has 2 fully saturated rings. The first kappa shape index (κ1) is 13.5. The number of aromatic nitrogens is 3. The van der Waals surface area contributed by atoms with Crippen LogP contribution in [0, 0.1) is 0 Å². The van der Waals surface area contributed by atoms with E-state index in [9.17, 15) is 0 Å². The summed E-state index contributed by atoms with van der Waals surface area (Å²) in [5.41, 5.74) is 1.11. The van der Waals surface area contributed by atoms with Gasteiger partial charge in [0.05, 0.1) is 15.2 Å². The van der Waals surface area contributed by atoms with Crippen molar-refractivity contribution in [3.05, 3.63) is 35.2 Å². The first-order valence-corrected chi connectivity index (χ1v) is 9.12. The number of hydrogen-bond donors (Lipinski definition) is 0. The van der Waals surface area contributed by atoms with Gasteiger partial charge in [-0.3, -0.25) is 0 Å². The fraction of sp³-hybridized carbons (Fsp3) is 0.471. The molecule has 1 aliphatic carbocycles. The summed E-state index contributed by atoms with van der Waals surface area (Å²) in [5, 5.41) is 9.71. The van der Waals surface area contributed by atoms with E-state index in [-0.39, 0.29) is 0 Å². The molecule has 0 N–H and O–H groups in total. The number of piperidine rings is 1. The SMILES string of the molecule is c1ccc2sc([C@@H]3CCCN(c4nnc(C5CC5)o4)C3)nc2c1. The number of rotatable bonds is 3. The number of nitrogens with zero attached hydrogens (tertiary/aromatic N) is 4. The molecular formula is C17H18N4OS. The molecule has 23 heavy (non-hydrogen) atoms. The van der Waals surface area contributed by atoms with Crippen LogP contribution in [-0.4, -0.2) is 28.3 Å². The number of thiazole rings is 1. The van der Waals surface area contributed by atoms with Crippen molar-refractivity contribution in [2.45, 2.75) is 37.5 Å². The minimum absolute atomic E-state index is 0.456. The van der Waals surface area contributed by atoms with E-state index in [1.807, 2.05) is 11.3 Å². The van der Waals surface area contributed by atoms with Gasteiger partial charge in [-0.1, -0.05) is 17.2 Å². The van der Waals surface area contributed by atoms with Crippen LogP contribution in [0.2, 0.25) is 0 Å². The van der Waals surface area contributed by atoms with Crippen molar-refractivity contribution in [3.63, 3.8) is 0 Å². The van der Waals surface area contributed by atoms with Crippen molar-refractivity contribution < 1.29 is 4.42 Å².